The highest BCUT2D eigenvalue weighted by atomic mass is 16.2. The van der Waals surface area contributed by atoms with Crippen LogP contribution in [0, 0.1) is 6.92 Å². The number of rotatable bonds is 5. The number of hydrogen-bond donors (Lipinski definition) is 0. The van der Waals surface area contributed by atoms with Gasteiger partial charge < -0.3 is 9.47 Å². The first-order valence-electron chi connectivity index (χ1n) is 10.7. The number of hydrogen-bond acceptors (Lipinski definition) is 2. The number of carbonyl (C=O) groups excluding carboxylic acids is 1. The number of amides is 1. The molecule has 1 aromatic heterocycles. The van der Waals surface area contributed by atoms with Crippen molar-refractivity contribution in [2.45, 2.75) is 25.8 Å². The van der Waals surface area contributed by atoms with E-state index in [9.17, 15) is 4.79 Å². The van der Waals surface area contributed by atoms with Crippen LogP contribution in [0.25, 0.3) is 17.1 Å². The lowest BCUT2D eigenvalue weighted by Gasteiger charge is -2.17. The molecule has 1 saturated heterocycles. The number of imidazole rings is 1. The lowest BCUT2D eigenvalue weighted by Crippen LogP contribution is -2.24. The summed E-state index contributed by atoms with van der Waals surface area (Å²) in [6, 6.07) is 26.7. The molecule has 2 heterocycles. The zero-order chi connectivity index (χ0) is 21.2. The Morgan fingerprint density at radius 3 is 2.65 bits per heavy atom. The highest BCUT2D eigenvalue weighted by Gasteiger charge is 2.34. The third-order valence-electron chi connectivity index (χ3n) is 5.89. The Morgan fingerprint density at radius 2 is 1.81 bits per heavy atom. The van der Waals surface area contributed by atoms with E-state index in [4.69, 9.17) is 4.98 Å². The van der Waals surface area contributed by atoms with Crippen LogP contribution in [0.4, 0.5) is 5.69 Å². The molecule has 0 radical (unpaired) electrons. The van der Waals surface area contributed by atoms with Crippen molar-refractivity contribution < 1.29 is 4.79 Å². The molecule has 1 amide bonds. The molecule has 0 N–H and O–H groups in total. The lowest BCUT2D eigenvalue weighted by atomic mass is 10.1. The van der Waals surface area contributed by atoms with Crippen molar-refractivity contribution >= 4 is 28.7 Å². The van der Waals surface area contributed by atoms with Gasteiger partial charge in [-0.1, -0.05) is 66.7 Å². The number of anilines is 1. The summed E-state index contributed by atoms with van der Waals surface area (Å²) in [6.07, 6.45) is 4.79. The van der Waals surface area contributed by atoms with E-state index in [1.807, 2.05) is 53.4 Å². The first-order valence-corrected chi connectivity index (χ1v) is 10.7. The van der Waals surface area contributed by atoms with Crippen LogP contribution >= 0.6 is 0 Å². The van der Waals surface area contributed by atoms with Gasteiger partial charge in [-0.3, -0.25) is 4.79 Å². The van der Waals surface area contributed by atoms with Crippen LogP contribution in [0.15, 0.2) is 84.9 Å². The molecule has 0 aliphatic carbocycles. The summed E-state index contributed by atoms with van der Waals surface area (Å²) in [4.78, 5) is 19.7. The zero-order valence-electron chi connectivity index (χ0n) is 17.6. The van der Waals surface area contributed by atoms with E-state index in [-0.39, 0.29) is 11.8 Å². The zero-order valence-corrected chi connectivity index (χ0v) is 17.6. The summed E-state index contributed by atoms with van der Waals surface area (Å²) in [6.45, 7) is 3.44. The van der Waals surface area contributed by atoms with Gasteiger partial charge >= 0.3 is 0 Å². The van der Waals surface area contributed by atoms with Crippen LogP contribution in [0.1, 0.15) is 29.3 Å². The molecule has 31 heavy (non-hydrogen) atoms. The number of carbonyl (C=O) groups is 1. The fourth-order valence-electron chi connectivity index (χ4n) is 4.38. The summed E-state index contributed by atoms with van der Waals surface area (Å²) in [5.74, 6) is 1.22. The molecular weight excluding hydrogens is 382 g/mol. The maximum Gasteiger partial charge on any atom is 0.227 e. The first kappa shape index (κ1) is 19.3. The van der Waals surface area contributed by atoms with Crippen molar-refractivity contribution in [3.63, 3.8) is 0 Å². The van der Waals surface area contributed by atoms with Gasteiger partial charge in [-0.25, -0.2) is 4.98 Å². The largest absolute Gasteiger partial charge is 0.324 e. The van der Waals surface area contributed by atoms with E-state index in [0.717, 1.165) is 34.7 Å². The van der Waals surface area contributed by atoms with Crippen LogP contribution in [-0.4, -0.2) is 22.0 Å². The van der Waals surface area contributed by atoms with E-state index in [1.165, 1.54) is 5.56 Å². The van der Waals surface area contributed by atoms with Gasteiger partial charge in [0.15, 0.2) is 0 Å². The average Bonchev–Trinajstić information content (AvgIpc) is 3.35. The molecule has 3 aromatic carbocycles. The summed E-state index contributed by atoms with van der Waals surface area (Å²) in [7, 11) is 0. The minimum absolute atomic E-state index is 0.0746. The predicted molar refractivity (Wildman–Crippen MR) is 126 cm³/mol. The van der Waals surface area contributed by atoms with Crippen molar-refractivity contribution in [1.29, 1.82) is 0 Å². The van der Waals surface area contributed by atoms with Crippen molar-refractivity contribution in [2.75, 3.05) is 11.4 Å². The fraction of sp³-hybridized carbons (Fsp3) is 0.185. The molecule has 4 aromatic rings. The molecule has 4 heteroatoms. The number of para-hydroxylation sites is 2. The maximum atomic E-state index is 12.9. The van der Waals surface area contributed by atoms with Crippen molar-refractivity contribution in [1.82, 2.24) is 9.55 Å². The van der Waals surface area contributed by atoms with Crippen LogP contribution in [0.2, 0.25) is 0 Å². The summed E-state index contributed by atoms with van der Waals surface area (Å²) in [5.41, 5.74) is 5.39. The lowest BCUT2D eigenvalue weighted by molar-refractivity contribution is -0.117. The summed E-state index contributed by atoms with van der Waals surface area (Å²) >= 11 is 0. The second kappa shape index (κ2) is 8.23. The molecular formula is C27H25N3O. The maximum absolute atomic E-state index is 12.9. The van der Waals surface area contributed by atoms with E-state index >= 15 is 0 Å². The standard InChI is InChI=1S/C27H25N3O/c1-20-9-7-13-23(17-20)30-19-22(18-26(30)31)27-28-24-14-5-6-15-25(24)29(27)16-8-12-21-10-3-2-4-11-21/h2-15,17,22H,16,18-19H2,1H3/b12-8+/t22-/m0/s1. The highest BCUT2D eigenvalue weighted by Crippen LogP contribution is 2.33. The Hall–Kier alpha value is -3.66. The molecule has 1 aliphatic heterocycles. The van der Waals surface area contributed by atoms with E-state index in [0.29, 0.717) is 13.0 Å². The van der Waals surface area contributed by atoms with Gasteiger partial charge in [0.2, 0.25) is 5.91 Å². The van der Waals surface area contributed by atoms with Gasteiger partial charge in [0.05, 0.1) is 11.0 Å². The molecule has 1 aliphatic rings. The number of aromatic nitrogens is 2. The van der Waals surface area contributed by atoms with E-state index in [2.05, 4.69) is 54.0 Å². The fourth-order valence-corrected chi connectivity index (χ4v) is 4.38. The summed E-state index contributed by atoms with van der Waals surface area (Å²) in [5, 5.41) is 0. The first-order chi connectivity index (χ1) is 15.2. The summed E-state index contributed by atoms with van der Waals surface area (Å²) < 4.78 is 2.26. The monoisotopic (exact) mass is 407 g/mol. The minimum atomic E-state index is 0.0746. The smallest absolute Gasteiger partial charge is 0.227 e. The van der Waals surface area contributed by atoms with Gasteiger partial charge in [0, 0.05) is 31.1 Å². The quantitative estimate of drug-likeness (QED) is 0.433. The second-order valence-electron chi connectivity index (χ2n) is 8.13. The van der Waals surface area contributed by atoms with Crippen molar-refractivity contribution in [3.05, 3.63) is 102 Å². The minimum Gasteiger partial charge on any atom is -0.324 e. The number of allylic oxidation sites excluding steroid dienone is 1. The number of fused-ring (bicyclic) bond motifs is 1. The molecule has 4 nitrogen and oxygen atoms in total. The Morgan fingerprint density at radius 1 is 1.00 bits per heavy atom. The molecule has 154 valence electrons. The highest BCUT2D eigenvalue weighted by molar-refractivity contribution is 5.96. The van der Waals surface area contributed by atoms with Gasteiger partial charge in [-0.05, 0) is 42.3 Å². The van der Waals surface area contributed by atoms with Crippen molar-refractivity contribution in [2.24, 2.45) is 0 Å². The number of benzene rings is 3. The molecule has 0 spiro atoms. The molecule has 5 rings (SSSR count). The Kier molecular flexibility index (Phi) is 5.13. The third-order valence-corrected chi connectivity index (χ3v) is 5.89. The SMILES string of the molecule is Cc1cccc(N2C[C@@H](c3nc4ccccc4n3C/C=C/c3ccccc3)CC2=O)c1. The van der Waals surface area contributed by atoms with Crippen LogP contribution in [-0.2, 0) is 11.3 Å². The normalized spacial score (nSPS) is 16.6. The Balaban J connectivity index is 1.46. The van der Waals surface area contributed by atoms with Crippen LogP contribution in [0.5, 0.6) is 0 Å². The predicted octanol–water partition coefficient (Wildman–Crippen LogP) is 5.58. The van der Waals surface area contributed by atoms with Gasteiger partial charge in [0.25, 0.3) is 0 Å². The van der Waals surface area contributed by atoms with Crippen LogP contribution in [0.3, 0.4) is 0 Å². The van der Waals surface area contributed by atoms with E-state index < -0.39 is 0 Å². The van der Waals surface area contributed by atoms with Gasteiger partial charge in [-0.15, -0.1) is 0 Å². The molecule has 1 atom stereocenters. The molecule has 1 fully saturated rings. The van der Waals surface area contributed by atoms with Gasteiger partial charge in [-0.2, -0.15) is 0 Å². The topological polar surface area (TPSA) is 38.1 Å². The third kappa shape index (κ3) is 3.89. The Labute approximate surface area is 182 Å². The van der Waals surface area contributed by atoms with Gasteiger partial charge in [0.1, 0.15) is 5.82 Å². The van der Waals surface area contributed by atoms with Crippen LogP contribution < -0.4 is 4.90 Å². The van der Waals surface area contributed by atoms with Crippen molar-refractivity contribution in [3.8, 4) is 0 Å². The average molecular weight is 408 g/mol. The Bertz CT molecular complexity index is 1260. The molecule has 0 bridgehead atoms. The van der Waals surface area contributed by atoms with E-state index in [1.54, 1.807) is 0 Å². The second-order valence-corrected chi connectivity index (χ2v) is 8.13. The number of nitrogens with zero attached hydrogens (tertiary/aromatic N) is 3. The molecule has 0 saturated carbocycles. The molecule has 0 unspecified atom stereocenters. The number of aryl methyl sites for hydroxylation is 1.